The molecule has 0 fully saturated rings. The summed E-state index contributed by atoms with van der Waals surface area (Å²) >= 11 is 9.54. The number of ether oxygens (including phenoxy) is 1. The topological polar surface area (TPSA) is 30.5 Å². The standard InChI is InChI=1S/C10H11BrClNO2/c1-5-9(13-14-2)8-6(11)3-4-7(12)10(8)15-5/h3-5,9,13H,1-2H3. The number of hydrogen-bond donors (Lipinski definition) is 1. The Morgan fingerprint density at radius 2 is 2.27 bits per heavy atom. The van der Waals surface area contributed by atoms with E-state index in [2.05, 4.69) is 21.4 Å². The molecule has 82 valence electrons. The summed E-state index contributed by atoms with van der Waals surface area (Å²) in [6, 6.07) is 3.72. The Morgan fingerprint density at radius 1 is 1.53 bits per heavy atom. The summed E-state index contributed by atoms with van der Waals surface area (Å²) in [4.78, 5) is 4.95. The molecule has 2 atom stereocenters. The Hall–Kier alpha value is -0.290. The zero-order valence-electron chi connectivity index (χ0n) is 8.38. The minimum Gasteiger partial charge on any atom is -0.487 e. The Morgan fingerprint density at radius 3 is 2.93 bits per heavy atom. The molecule has 0 radical (unpaired) electrons. The number of fused-ring (bicyclic) bond motifs is 1. The van der Waals surface area contributed by atoms with E-state index in [4.69, 9.17) is 21.2 Å². The third kappa shape index (κ3) is 1.87. The molecular formula is C10H11BrClNO2. The van der Waals surface area contributed by atoms with Crippen LogP contribution < -0.4 is 10.2 Å². The van der Waals surface area contributed by atoms with E-state index in [0.29, 0.717) is 5.02 Å². The fraction of sp³-hybridized carbons (Fsp3) is 0.400. The van der Waals surface area contributed by atoms with E-state index in [9.17, 15) is 0 Å². The van der Waals surface area contributed by atoms with Crippen molar-refractivity contribution in [2.75, 3.05) is 7.11 Å². The summed E-state index contributed by atoms with van der Waals surface area (Å²) in [6.07, 6.45) is -0.00356. The van der Waals surface area contributed by atoms with Gasteiger partial charge in [-0.25, -0.2) is 0 Å². The van der Waals surface area contributed by atoms with Gasteiger partial charge in [-0.2, -0.15) is 5.48 Å². The van der Waals surface area contributed by atoms with Crippen LogP contribution in [0.3, 0.4) is 0 Å². The molecule has 1 aromatic rings. The predicted octanol–water partition coefficient (Wildman–Crippen LogP) is 3.08. The summed E-state index contributed by atoms with van der Waals surface area (Å²) in [5, 5.41) is 0.625. The number of halogens is 2. The zero-order valence-corrected chi connectivity index (χ0v) is 10.7. The maximum absolute atomic E-state index is 6.06. The fourth-order valence-corrected chi connectivity index (χ4v) is 2.50. The quantitative estimate of drug-likeness (QED) is 0.850. The molecule has 0 spiro atoms. The van der Waals surface area contributed by atoms with E-state index in [-0.39, 0.29) is 12.1 Å². The first-order valence-electron chi connectivity index (χ1n) is 4.58. The van der Waals surface area contributed by atoms with Crippen LogP contribution in [0.2, 0.25) is 5.02 Å². The largest absolute Gasteiger partial charge is 0.487 e. The first-order valence-corrected chi connectivity index (χ1v) is 5.75. The number of hydrogen-bond acceptors (Lipinski definition) is 3. The van der Waals surface area contributed by atoms with Gasteiger partial charge in [-0.15, -0.1) is 0 Å². The lowest BCUT2D eigenvalue weighted by molar-refractivity contribution is 0.0338. The van der Waals surface area contributed by atoms with Gasteiger partial charge in [-0.1, -0.05) is 27.5 Å². The van der Waals surface area contributed by atoms with Crippen molar-refractivity contribution in [2.24, 2.45) is 0 Å². The van der Waals surface area contributed by atoms with Crippen molar-refractivity contribution in [3.05, 3.63) is 27.2 Å². The molecule has 0 aliphatic carbocycles. The van der Waals surface area contributed by atoms with Crippen molar-refractivity contribution in [1.82, 2.24) is 5.48 Å². The van der Waals surface area contributed by atoms with Crippen LogP contribution in [-0.4, -0.2) is 13.2 Å². The first kappa shape index (κ1) is 11.2. The Kier molecular flexibility index (Phi) is 3.21. The second-order valence-corrected chi connectivity index (χ2v) is 4.66. The van der Waals surface area contributed by atoms with E-state index in [1.54, 1.807) is 7.11 Å². The van der Waals surface area contributed by atoms with Crippen molar-refractivity contribution in [3.8, 4) is 5.75 Å². The molecular weight excluding hydrogens is 281 g/mol. The highest BCUT2D eigenvalue weighted by Crippen LogP contribution is 2.45. The molecule has 1 aliphatic heterocycles. The van der Waals surface area contributed by atoms with Crippen LogP contribution in [0.25, 0.3) is 0 Å². The van der Waals surface area contributed by atoms with Crippen LogP contribution in [0.4, 0.5) is 0 Å². The second kappa shape index (κ2) is 4.29. The van der Waals surface area contributed by atoms with Gasteiger partial charge in [0.25, 0.3) is 0 Å². The number of hydroxylamine groups is 1. The van der Waals surface area contributed by atoms with Gasteiger partial charge in [-0.3, -0.25) is 0 Å². The maximum atomic E-state index is 6.06. The molecule has 1 heterocycles. The summed E-state index contributed by atoms with van der Waals surface area (Å²) in [6.45, 7) is 1.97. The van der Waals surface area contributed by atoms with Crippen LogP contribution >= 0.6 is 27.5 Å². The molecule has 0 saturated carbocycles. The highest BCUT2D eigenvalue weighted by atomic mass is 79.9. The molecule has 15 heavy (non-hydrogen) atoms. The van der Waals surface area contributed by atoms with Crippen LogP contribution in [0.1, 0.15) is 18.5 Å². The lowest BCUT2D eigenvalue weighted by Crippen LogP contribution is -2.28. The van der Waals surface area contributed by atoms with Crippen molar-refractivity contribution < 1.29 is 9.57 Å². The molecule has 0 aromatic heterocycles. The third-order valence-electron chi connectivity index (χ3n) is 2.42. The number of benzene rings is 1. The predicted molar refractivity (Wildman–Crippen MR) is 62.1 cm³/mol. The van der Waals surface area contributed by atoms with Crippen LogP contribution in [0.15, 0.2) is 16.6 Å². The normalized spacial score (nSPS) is 23.7. The van der Waals surface area contributed by atoms with Gasteiger partial charge in [0.15, 0.2) is 0 Å². The number of rotatable bonds is 2. The van der Waals surface area contributed by atoms with E-state index < -0.39 is 0 Å². The van der Waals surface area contributed by atoms with Gasteiger partial charge in [0.05, 0.1) is 18.2 Å². The van der Waals surface area contributed by atoms with Crippen molar-refractivity contribution in [3.63, 3.8) is 0 Å². The van der Waals surface area contributed by atoms with Gasteiger partial charge < -0.3 is 9.57 Å². The van der Waals surface area contributed by atoms with Gasteiger partial charge in [0, 0.05) is 10.0 Å². The van der Waals surface area contributed by atoms with Gasteiger partial charge >= 0.3 is 0 Å². The van der Waals surface area contributed by atoms with Crippen molar-refractivity contribution in [2.45, 2.75) is 19.1 Å². The van der Waals surface area contributed by atoms with Crippen LogP contribution in [0.5, 0.6) is 5.75 Å². The summed E-state index contributed by atoms with van der Waals surface area (Å²) in [5.74, 6) is 0.730. The zero-order chi connectivity index (χ0) is 11.0. The monoisotopic (exact) mass is 291 g/mol. The third-order valence-corrected chi connectivity index (χ3v) is 3.41. The lowest BCUT2D eigenvalue weighted by Gasteiger charge is -2.15. The fourth-order valence-electron chi connectivity index (χ4n) is 1.73. The molecule has 0 amide bonds. The molecule has 1 aromatic carbocycles. The van der Waals surface area contributed by atoms with Gasteiger partial charge in [-0.05, 0) is 19.1 Å². The highest BCUT2D eigenvalue weighted by Gasteiger charge is 2.34. The average Bonchev–Trinajstić information content (AvgIpc) is 2.53. The van der Waals surface area contributed by atoms with Gasteiger partial charge in [0.2, 0.25) is 0 Å². The minimum absolute atomic E-state index is 0.00178. The van der Waals surface area contributed by atoms with E-state index in [1.807, 2.05) is 19.1 Å². The van der Waals surface area contributed by atoms with E-state index in [0.717, 1.165) is 15.8 Å². The molecule has 0 saturated heterocycles. The average molecular weight is 293 g/mol. The molecule has 1 aliphatic rings. The maximum Gasteiger partial charge on any atom is 0.144 e. The molecule has 2 rings (SSSR count). The molecule has 2 unspecified atom stereocenters. The summed E-state index contributed by atoms with van der Waals surface area (Å²) < 4.78 is 6.65. The highest BCUT2D eigenvalue weighted by molar-refractivity contribution is 9.10. The van der Waals surface area contributed by atoms with Gasteiger partial charge in [0.1, 0.15) is 11.9 Å². The van der Waals surface area contributed by atoms with E-state index in [1.165, 1.54) is 0 Å². The van der Waals surface area contributed by atoms with Crippen molar-refractivity contribution >= 4 is 27.5 Å². The molecule has 1 N–H and O–H groups in total. The SMILES string of the molecule is CONC1c2c(Br)ccc(Cl)c2OC1C. The summed E-state index contributed by atoms with van der Waals surface area (Å²) in [5.41, 5.74) is 3.92. The Bertz CT molecular complexity index is 386. The van der Waals surface area contributed by atoms with E-state index >= 15 is 0 Å². The lowest BCUT2D eigenvalue weighted by atomic mass is 10.1. The second-order valence-electron chi connectivity index (χ2n) is 3.39. The first-order chi connectivity index (χ1) is 7.15. The molecule has 3 nitrogen and oxygen atoms in total. The summed E-state index contributed by atoms with van der Waals surface area (Å²) in [7, 11) is 1.59. The number of nitrogens with one attached hydrogen (secondary N) is 1. The molecule has 0 bridgehead atoms. The minimum atomic E-state index is -0.00356. The smallest absolute Gasteiger partial charge is 0.144 e. The Labute approximate surface area is 102 Å². The van der Waals surface area contributed by atoms with Crippen LogP contribution in [0, 0.1) is 0 Å². The van der Waals surface area contributed by atoms with Crippen molar-refractivity contribution in [1.29, 1.82) is 0 Å². The Balaban J connectivity index is 2.47. The van der Waals surface area contributed by atoms with Crippen LogP contribution in [-0.2, 0) is 4.84 Å². The molecule has 5 heteroatoms.